The Hall–Kier alpha value is -0.0400. The molecule has 0 bridgehead atoms. The van der Waals surface area contributed by atoms with E-state index in [1.807, 2.05) is 0 Å². The van der Waals surface area contributed by atoms with Crippen LogP contribution in [0.25, 0.3) is 0 Å². The van der Waals surface area contributed by atoms with Gasteiger partial charge in [-0.15, -0.1) is 0 Å². The minimum Gasteiger partial charge on any atom is -0.393 e. The molecule has 9 atom stereocenters. The number of hydrogen-bond donors (Lipinski definition) is 1. The van der Waals surface area contributed by atoms with Gasteiger partial charge in [-0.3, -0.25) is 0 Å². The molecule has 0 saturated heterocycles. The summed E-state index contributed by atoms with van der Waals surface area (Å²) in [6, 6.07) is 0. The van der Waals surface area contributed by atoms with E-state index in [4.69, 9.17) is 0 Å². The highest BCUT2D eigenvalue weighted by Crippen LogP contribution is 2.68. The zero-order valence-electron chi connectivity index (χ0n) is 21.2. The Morgan fingerprint density at radius 3 is 2.33 bits per heavy atom. The lowest BCUT2D eigenvalue weighted by Crippen LogP contribution is -2.54. The van der Waals surface area contributed by atoms with Gasteiger partial charge in [-0.05, 0) is 129 Å². The van der Waals surface area contributed by atoms with Gasteiger partial charge in [-0.2, -0.15) is 0 Å². The maximum absolute atomic E-state index is 10.3. The molecule has 0 radical (unpaired) electrons. The number of aliphatic hydroxyl groups excluding tert-OH is 1. The summed E-state index contributed by atoms with van der Waals surface area (Å²) in [5.41, 5.74) is 1.66. The first-order valence-electron chi connectivity index (χ1n) is 13.8. The zero-order chi connectivity index (χ0) is 21.7. The van der Waals surface area contributed by atoms with Crippen molar-refractivity contribution < 1.29 is 5.11 Å². The van der Waals surface area contributed by atoms with Crippen molar-refractivity contribution in [3.8, 4) is 0 Å². The van der Waals surface area contributed by atoms with Crippen LogP contribution in [0.15, 0.2) is 0 Å². The van der Waals surface area contributed by atoms with Crippen LogP contribution in [0.5, 0.6) is 0 Å². The fraction of sp³-hybridized carbons (Fsp3) is 1.00. The molecule has 30 heavy (non-hydrogen) atoms. The van der Waals surface area contributed by atoms with E-state index >= 15 is 0 Å². The Kier molecular flexibility index (Phi) is 6.47. The van der Waals surface area contributed by atoms with Crippen LogP contribution in [0.1, 0.15) is 125 Å². The molecule has 0 heterocycles. The molecule has 1 nitrogen and oxygen atoms in total. The van der Waals surface area contributed by atoms with Crippen molar-refractivity contribution in [3.05, 3.63) is 0 Å². The third-order valence-corrected chi connectivity index (χ3v) is 11.6. The molecule has 4 saturated carbocycles. The second-order valence-corrected chi connectivity index (χ2v) is 13.7. The second-order valence-electron chi connectivity index (χ2n) is 13.7. The second kappa shape index (κ2) is 8.39. The molecular formula is C29H52O. The Labute approximate surface area is 188 Å². The molecule has 1 N–H and O–H groups in total. The van der Waals surface area contributed by atoms with Crippen LogP contribution in [0, 0.1) is 51.8 Å². The minimum absolute atomic E-state index is 0.0119. The lowest BCUT2D eigenvalue weighted by molar-refractivity contribution is -0.129. The molecule has 4 aliphatic rings. The third-order valence-electron chi connectivity index (χ3n) is 11.6. The van der Waals surface area contributed by atoms with Crippen molar-refractivity contribution >= 4 is 0 Å². The van der Waals surface area contributed by atoms with E-state index in [1.54, 1.807) is 0 Å². The van der Waals surface area contributed by atoms with Gasteiger partial charge < -0.3 is 5.11 Å². The van der Waals surface area contributed by atoms with Crippen LogP contribution < -0.4 is 0 Å². The summed E-state index contributed by atoms with van der Waals surface area (Å²) in [4.78, 5) is 0. The number of rotatable bonds is 6. The SMILES string of the molecule is CCCC(C)(C)CCC(C)C1CCC2C3CCC4CC(O)CC[C@]4(C)C3CC[C@]12C. The Bertz CT molecular complexity index is 595. The van der Waals surface area contributed by atoms with E-state index < -0.39 is 0 Å². The largest absolute Gasteiger partial charge is 0.393 e. The third kappa shape index (κ3) is 3.92. The quantitative estimate of drug-likeness (QED) is 0.462. The Morgan fingerprint density at radius 2 is 1.60 bits per heavy atom. The normalized spacial score (nSPS) is 47.3. The summed E-state index contributed by atoms with van der Waals surface area (Å²) >= 11 is 0. The molecule has 4 fully saturated rings. The summed E-state index contributed by atoms with van der Waals surface area (Å²) < 4.78 is 0. The van der Waals surface area contributed by atoms with E-state index in [0.29, 0.717) is 16.2 Å². The van der Waals surface area contributed by atoms with E-state index in [2.05, 4.69) is 41.5 Å². The van der Waals surface area contributed by atoms with Crippen molar-refractivity contribution in [3.63, 3.8) is 0 Å². The molecular weight excluding hydrogens is 364 g/mol. The fourth-order valence-electron chi connectivity index (χ4n) is 9.83. The van der Waals surface area contributed by atoms with Gasteiger partial charge in [0, 0.05) is 0 Å². The van der Waals surface area contributed by atoms with Crippen molar-refractivity contribution in [2.45, 2.75) is 131 Å². The van der Waals surface area contributed by atoms with Crippen LogP contribution in [-0.2, 0) is 0 Å². The van der Waals surface area contributed by atoms with E-state index in [0.717, 1.165) is 48.3 Å². The number of hydrogen-bond acceptors (Lipinski definition) is 1. The predicted molar refractivity (Wildman–Crippen MR) is 128 cm³/mol. The fourth-order valence-corrected chi connectivity index (χ4v) is 9.83. The first-order valence-corrected chi connectivity index (χ1v) is 13.8. The van der Waals surface area contributed by atoms with E-state index in [1.165, 1.54) is 70.6 Å². The van der Waals surface area contributed by atoms with Gasteiger partial charge >= 0.3 is 0 Å². The average molecular weight is 417 g/mol. The average Bonchev–Trinajstić information content (AvgIpc) is 3.04. The number of fused-ring (bicyclic) bond motifs is 5. The van der Waals surface area contributed by atoms with Gasteiger partial charge in [-0.1, -0.05) is 48.0 Å². The summed E-state index contributed by atoms with van der Waals surface area (Å²) in [5.74, 6) is 5.55. The molecule has 4 aliphatic carbocycles. The highest BCUT2D eigenvalue weighted by Gasteiger charge is 2.60. The standard InChI is InChI=1S/C29H52O/c1-7-15-27(3,4)16-12-20(2)24-10-11-25-23-9-8-21-19-22(30)13-17-28(21,5)26(23)14-18-29(24,25)6/h20-26,30H,7-19H2,1-6H3/t20?,21?,22?,23?,24?,25?,26?,28-,29+/m0/s1. The monoisotopic (exact) mass is 416 g/mol. The van der Waals surface area contributed by atoms with Gasteiger partial charge in [0.1, 0.15) is 0 Å². The van der Waals surface area contributed by atoms with Crippen molar-refractivity contribution in [1.82, 2.24) is 0 Å². The van der Waals surface area contributed by atoms with Crippen LogP contribution in [-0.4, -0.2) is 11.2 Å². The highest BCUT2D eigenvalue weighted by molar-refractivity contribution is 5.09. The van der Waals surface area contributed by atoms with Gasteiger partial charge in [0.25, 0.3) is 0 Å². The van der Waals surface area contributed by atoms with Crippen molar-refractivity contribution in [1.29, 1.82) is 0 Å². The summed E-state index contributed by atoms with van der Waals surface area (Å²) in [6.07, 6.45) is 17.8. The molecule has 7 unspecified atom stereocenters. The Balaban J connectivity index is 1.45. The van der Waals surface area contributed by atoms with Crippen LogP contribution in [0.4, 0.5) is 0 Å². The lowest BCUT2D eigenvalue weighted by atomic mass is 9.44. The molecule has 4 rings (SSSR count). The molecule has 174 valence electrons. The molecule has 0 amide bonds. The topological polar surface area (TPSA) is 20.2 Å². The summed E-state index contributed by atoms with van der Waals surface area (Å²) in [7, 11) is 0. The van der Waals surface area contributed by atoms with Gasteiger partial charge in [0.15, 0.2) is 0 Å². The van der Waals surface area contributed by atoms with Crippen LogP contribution in [0.3, 0.4) is 0 Å². The smallest absolute Gasteiger partial charge is 0.0543 e. The lowest BCUT2D eigenvalue weighted by Gasteiger charge is -2.61. The van der Waals surface area contributed by atoms with E-state index in [9.17, 15) is 5.11 Å². The summed E-state index contributed by atoms with van der Waals surface area (Å²) in [5, 5.41) is 10.3. The van der Waals surface area contributed by atoms with Crippen LogP contribution in [0.2, 0.25) is 0 Å². The Morgan fingerprint density at radius 1 is 0.900 bits per heavy atom. The van der Waals surface area contributed by atoms with Gasteiger partial charge in [0.2, 0.25) is 0 Å². The predicted octanol–water partition coefficient (Wildman–Crippen LogP) is 8.25. The molecule has 0 spiro atoms. The van der Waals surface area contributed by atoms with E-state index in [-0.39, 0.29) is 6.10 Å². The maximum atomic E-state index is 10.3. The van der Waals surface area contributed by atoms with Gasteiger partial charge in [-0.25, -0.2) is 0 Å². The first kappa shape index (κ1) is 23.1. The zero-order valence-corrected chi connectivity index (χ0v) is 21.2. The molecule has 0 aromatic carbocycles. The molecule has 1 heteroatoms. The molecule has 0 aliphatic heterocycles. The van der Waals surface area contributed by atoms with Crippen molar-refractivity contribution in [2.75, 3.05) is 0 Å². The first-order chi connectivity index (χ1) is 14.1. The van der Waals surface area contributed by atoms with Crippen LogP contribution >= 0.6 is 0 Å². The van der Waals surface area contributed by atoms with Gasteiger partial charge in [0.05, 0.1) is 6.10 Å². The minimum atomic E-state index is -0.0119. The summed E-state index contributed by atoms with van der Waals surface area (Å²) in [6.45, 7) is 15.3. The number of aliphatic hydroxyl groups is 1. The molecule has 0 aromatic rings. The van der Waals surface area contributed by atoms with Crippen molar-refractivity contribution in [2.24, 2.45) is 51.8 Å². The molecule has 0 aromatic heterocycles. The highest BCUT2D eigenvalue weighted by atomic mass is 16.3. The maximum Gasteiger partial charge on any atom is 0.0543 e.